The molecule has 7 heteroatoms. The van der Waals surface area contributed by atoms with Crippen molar-refractivity contribution in [3.05, 3.63) is 29.8 Å². The SMILES string of the molecule is CS(=O)(=O)c1ccc(C(=O)N2CC[C@@H]3CNC[C@@H]3CC2)cc1.Cl. The van der Waals surface area contributed by atoms with Gasteiger partial charge >= 0.3 is 0 Å². The van der Waals surface area contributed by atoms with Crippen LogP contribution in [0.1, 0.15) is 23.2 Å². The Labute approximate surface area is 143 Å². The molecule has 0 unspecified atom stereocenters. The van der Waals surface area contributed by atoms with E-state index < -0.39 is 9.84 Å². The number of nitrogens with zero attached hydrogens (tertiary/aromatic N) is 1. The normalized spacial score (nSPS) is 24.5. The highest BCUT2D eigenvalue weighted by atomic mass is 35.5. The first-order valence-corrected chi connectivity index (χ1v) is 9.64. The van der Waals surface area contributed by atoms with Gasteiger partial charge in [-0.2, -0.15) is 0 Å². The summed E-state index contributed by atoms with van der Waals surface area (Å²) in [5.74, 6) is 1.38. The fraction of sp³-hybridized carbons (Fsp3) is 0.562. The quantitative estimate of drug-likeness (QED) is 0.871. The van der Waals surface area contributed by atoms with Crippen LogP contribution in [0.2, 0.25) is 0 Å². The lowest BCUT2D eigenvalue weighted by Gasteiger charge is -2.21. The Hall–Kier alpha value is -1.11. The third-order valence-electron chi connectivity index (χ3n) is 4.84. The van der Waals surface area contributed by atoms with Crippen LogP contribution < -0.4 is 5.32 Å². The van der Waals surface area contributed by atoms with Gasteiger partial charge in [0.25, 0.3) is 5.91 Å². The summed E-state index contributed by atoms with van der Waals surface area (Å²) >= 11 is 0. The van der Waals surface area contributed by atoms with Gasteiger partial charge in [-0.25, -0.2) is 8.42 Å². The van der Waals surface area contributed by atoms with E-state index in [4.69, 9.17) is 0 Å². The van der Waals surface area contributed by atoms with E-state index in [0.717, 1.165) is 39.0 Å². The molecule has 0 aliphatic carbocycles. The number of hydrogen-bond donors (Lipinski definition) is 1. The van der Waals surface area contributed by atoms with Gasteiger partial charge in [-0.05, 0) is 62.0 Å². The van der Waals surface area contributed by atoms with Crippen molar-refractivity contribution >= 4 is 28.2 Å². The number of halogens is 1. The Morgan fingerprint density at radius 2 is 1.61 bits per heavy atom. The zero-order valence-corrected chi connectivity index (χ0v) is 14.8. The Morgan fingerprint density at radius 1 is 1.09 bits per heavy atom. The Bertz CT molecular complexity index is 646. The predicted molar refractivity (Wildman–Crippen MR) is 91.8 cm³/mol. The number of fused-ring (bicyclic) bond motifs is 1. The first-order chi connectivity index (χ1) is 10.4. The Kier molecular flexibility index (Phi) is 5.70. The van der Waals surface area contributed by atoms with Crippen LogP contribution >= 0.6 is 12.4 Å². The van der Waals surface area contributed by atoms with Crippen LogP contribution in [-0.4, -0.2) is 51.7 Å². The van der Waals surface area contributed by atoms with Crippen molar-refractivity contribution in [1.82, 2.24) is 10.2 Å². The van der Waals surface area contributed by atoms with Crippen molar-refractivity contribution in [3.63, 3.8) is 0 Å². The number of hydrogen-bond acceptors (Lipinski definition) is 4. The van der Waals surface area contributed by atoms with Crippen molar-refractivity contribution in [2.75, 3.05) is 32.4 Å². The lowest BCUT2D eigenvalue weighted by atomic mass is 9.92. The third-order valence-corrected chi connectivity index (χ3v) is 5.96. The van der Waals surface area contributed by atoms with Gasteiger partial charge in [-0.15, -0.1) is 12.4 Å². The van der Waals surface area contributed by atoms with Gasteiger partial charge in [0, 0.05) is 24.9 Å². The van der Waals surface area contributed by atoms with Crippen LogP contribution in [0.4, 0.5) is 0 Å². The molecule has 0 aromatic heterocycles. The monoisotopic (exact) mass is 358 g/mol. The number of likely N-dealkylation sites (tertiary alicyclic amines) is 1. The third kappa shape index (κ3) is 4.05. The predicted octanol–water partition coefficient (Wildman–Crippen LogP) is 1.58. The van der Waals surface area contributed by atoms with E-state index in [1.54, 1.807) is 12.1 Å². The number of carbonyl (C=O) groups is 1. The number of benzene rings is 1. The molecule has 0 spiro atoms. The number of rotatable bonds is 2. The highest BCUT2D eigenvalue weighted by Crippen LogP contribution is 2.27. The maximum atomic E-state index is 12.6. The molecule has 1 aromatic rings. The van der Waals surface area contributed by atoms with Crippen LogP contribution in [-0.2, 0) is 9.84 Å². The van der Waals surface area contributed by atoms with Gasteiger partial charge in [0.2, 0.25) is 0 Å². The van der Waals surface area contributed by atoms with Crippen molar-refractivity contribution < 1.29 is 13.2 Å². The molecule has 2 heterocycles. The molecule has 2 saturated heterocycles. The number of sulfone groups is 1. The standard InChI is InChI=1S/C16H22N2O3S.ClH/c1-22(20,21)15-4-2-12(3-5-15)16(19)18-8-6-13-10-17-11-14(13)7-9-18;/h2-5,13-14,17H,6-11H2,1H3;1H/t13-,14+;. The summed E-state index contributed by atoms with van der Waals surface area (Å²) in [5, 5.41) is 3.43. The first-order valence-electron chi connectivity index (χ1n) is 7.75. The maximum absolute atomic E-state index is 12.6. The average Bonchev–Trinajstić information content (AvgIpc) is 2.85. The van der Waals surface area contributed by atoms with Crippen LogP contribution in [0.25, 0.3) is 0 Å². The summed E-state index contributed by atoms with van der Waals surface area (Å²) in [6.07, 6.45) is 3.26. The van der Waals surface area contributed by atoms with Crippen molar-refractivity contribution in [3.8, 4) is 0 Å². The highest BCUT2D eigenvalue weighted by Gasteiger charge is 2.31. The van der Waals surface area contributed by atoms with E-state index in [1.807, 2.05) is 4.90 Å². The van der Waals surface area contributed by atoms with Crippen LogP contribution in [0.15, 0.2) is 29.2 Å². The molecule has 128 valence electrons. The lowest BCUT2D eigenvalue weighted by Crippen LogP contribution is -2.32. The maximum Gasteiger partial charge on any atom is 0.253 e. The topological polar surface area (TPSA) is 66.5 Å². The van der Waals surface area contributed by atoms with Gasteiger partial charge in [-0.3, -0.25) is 4.79 Å². The molecule has 2 aliphatic heterocycles. The van der Waals surface area contributed by atoms with E-state index in [-0.39, 0.29) is 23.2 Å². The average molecular weight is 359 g/mol. The van der Waals surface area contributed by atoms with E-state index >= 15 is 0 Å². The zero-order valence-electron chi connectivity index (χ0n) is 13.2. The summed E-state index contributed by atoms with van der Waals surface area (Å²) in [6, 6.07) is 6.26. The highest BCUT2D eigenvalue weighted by molar-refractivity contribution is 7.90. The van der Waals surface area contributed by atoms with Crippen molar-refractivity contribution in [2.24, 2.45) is 11.8 Å². The van der Waals surface area contributed by atoms with Gasteiger partial charge in [0.05, 0.1) is 4.90 Å². The van der Waals surface area contributed by atoms with Crippen molar-refractivity contribution in [1.29, 1.82) is 0 Å². The second-order valence-corrected chi connectivity index (χ2v) is 8.36. The molecule has 2 aliphatic rings. The number of nitrogens with one attached hydrogen (secondary N) is 1. The van der Waals surface area contributed by atoms with Crippen LogP contribution in [0.5, 0.6) is 0 Å². The fourth-order valence-electron chi connectivity index (χ4n) is 3.45. The molecule has 1 aromatic carbocycles. The van der Waals surface area contributed by atoms with Crippen molar-refractivity contribution in [2.45, 2.75) is 17.7 Å². The molecule has 0 radical (unpaired) electrons. The molecule has 1 amide bonds. The molecule has 1 N–H and O–H groups in total. The Balaban J connectivity index is 0.00000192. The smallest absolute Gasteiger partial charge is 0.253 e. The molecular weight excluding hydrogens is 336 g/mol. The minimum Gasteiger partial charge on any atom is -0.339 e. The summed E-state index contributed by atoms with van der Waals surface area (Å²) < 4.78 is 22.9. The van der Waals surface area contributed by atoms with Gasteiger partial charge < -0.3 is 10.2 Å². The summed E-state index contributed by atoms with van der Waals surface area (Å²) in [6.45, 7) is 3.70. The molecule has 5 nitrogen and oxygen atoms in total. The minimum absolute atomic E-state index is 0. The fourth-order valence-corrected chi connectivity index (χ4v) is 4.08. The van der Waals surface area contributed by atoms with Crippen LogP contribution in [0.3, 0.4) is 0 Å². The first kappa shape index (κ1) is 18.2. The molecule has 2 atom stereocenters. The molecule has 0 saturated carbocycles. The van der Waals surface area contributed by atoms with Gasteiger partial charge in [-0.1, -0.05) is 0 Å². The Morgan fingerprint density at radius 3 is 2.09 bits per heavy atom. The molecule has 3 rings (SSSR count). The minimum atomic E-state index is -3.22. The van der Waals surface area contributed by atoms with E-state index in [9.17, 15) is 13.2 Å². The van der Waals surface area contributed by atoms with Gasteiger partial charge in [0.15, 0.2) is 9.84 Å². The van der Waals surface area contributed by atoms with Crippen LogP contribution in [0, 0.1) is 11.8 Å². The zero-order chi connectivity index (χ0) is 15.7. The summed E-state index contributed by atoms with van der Waals surface area (Å²) in [7, 11) is -3.22. The molecule has 2 fully saturated rings. The molecular formula is C16H23ClN2O3S. The molecule has 23 heavy (non-hydrogen) atoms. The second-order valence-electron chi connectivity index (χ2n) is 6.34. The number of carbonyl (C=O) groups excluding carboxylic acids is 1. The summed E-state index contributed by atoms with van der Waals surface area (Å²) in [5.41, 5.74) is 0.567. The number of amides is 1. The van der Waals surface area contributed by atoms with E-state index in [1.165, 1.54) is 18.4 Å². The van der Waals surface area contributed by atoms with E-state index in [0.29, 0.717) is 17.4 Å². The molecule has 0 bridgehead atoms. The lowest BCUT2D eigenvalue weighted by molar-refractivity contribution is 0.0758. The van der Waals surface area contributed by atoms with Gasteiger partial charge in [0.1, 0.15) is 0 Å². The summed E-state index contributed by atoms with van der Waals surface area (Å²) in [4.78, 5) is 14.8. The second kappa shape index (κ2) is 7.20. The largest absolute Gasteiger partial charge is 0.339 e. The van der Waals surface area contributed by atoms with E-state index in [2.05, 4.69) is 5.32 Å².